The molecule has 0 unspecified atom stereocenters. The summed E-state index contributed by atoms with van der Waals surface area (Å²) in [7, 11) is -3.35. The number of anilines is 1. The molecule has 206 valence electrons. The molecule has 4 rings (SSSR count). The fraction of sp³-hybridized carbons (Fsp3) is 0.520. The fourth-order valence-electron chi connectivity index (χ4n) is 4.30. The van der Waals surface area contributed by atoms with Gasteiger partial charge in [-0.25, -0.2) is 13.4 Å². The average Bonchev–Trinajstić information content (AvgIpc) is 3.66. The number of aromatic nitrogens is 1. The minimum atomic E-state index is -3.35. The van der Waals surface area contributed by atoms with Crippen LogP contribution in [0.15, 0.2) is 40.5 Å². The number of aliphatic hydroxyl groups excluding tert-OH is 1. The van der Waals surface area contributed by atoms with Gasteiger partial charge in [-0.05, 0) is 31.9 Å². The van der Waals surface area contributed by atoms with Gasteiger partial charge in [0.1, 0.15) is 6.61 Å². The monoisotopic (exact) mass is 563 g/mol. The van der Waals surface area contributed by atoms with Crippen molar-refractivity contribution in [1.82, 2.24) is 14.8 Å². The molecule has 1 aromatic carbocycles. The quantitative estimate of drug-likeness (QED) is 0.240. The van der Waals surface area contributed by atoms with Gasteiger partial charge in [0.15, 0.2) is 20.7 Å². The lowest BCUT2D eigenvalue weighted by molar-refractivity contribution is -0.133. The summed E-state index contributed by atoms with van der Waals surface area (Å²) in [5.74, 6) is -0.465. The zero-order valence-corrected chi connectivity index (χ0v) is 23.1. The Labute approximate surface area is 226 Å². The predicted molar refractivity (Wildman–Crippen MR) is 144 cm³/mol. The van der Waals surface area contributed by atoms with Crippen LogP contribution in [0.25, 0.3) is 0 Å². The van der Waals surface area contributed by atoms with Gasteiger partial charge in [-0.15, -0.1) is 11.3 Å². The van der Waals surface area contributed by atoms with Crippen molar-refractivity contribution < 1.29 is 28.0 Å². The lowest BCUT2D eigenvalue weighted by Gasteiger charge is -2.39. The zero-order valence-electron chi connectivity index (χ0n) is 21.5. The maximum Gasteiger partial charge on any atom is 0.280 e. The van der Waals surface area contributed by atoms with Gasteiger partial charge in [0, 0.05) is 68.8 Å². The van der Waals surface area contributed by atoms with Gasteiger partial charge in [-0.1, -0.05) is 17.3 Å². The molecule has 0 radical (unpaired) electrons. The highest BCUT2D eigenvalue weighted by Crippen LogP contribution is 2.33. The summed E-state index contributed by atoms with van der Waals surface area (Å²) in [6.07, 6.45) is 3.41. The van der Waals surface area contributed by atoms with E-state index in [0.29, 0.717) is 43.0 Å². The summed E-state index contributed by atoms with van der Waals surface area (Å²) in [5.41, 5.74) is 0.375. The first-order chi connectivity index (χ1) is 18.2. The second-order valence-corrected chi connectivity index (χ2v) is 12.8. The molecule has 0 spiro atoms. The van der Waals surface area contributed by atoms with E-state index < -0.39 is 15.7 Å². The molecule has 2 N–H and O–H groups in total. The number of oxime groups is 1. The Kier molecular flexibility index (Phi) is 9.13. The largest absolute Gasteiger partial charge is 0.396 e. The number of benzene rings is 1. The summed E-state index contributed by atoms with van der Waals surface area (Å²) < 4.78 is 25.0. The first-order valence-electron chi connectivity index (χ1n) is 12.6. The van der Waals surface area contributed by atoms with E-state index in [1.807, 2.05) is 11.8 Å². The standard InChI is InChI=1S/C25H33N5O6S2/c1-17-15-29(10-11-30(17)18(2)32)16-20-14-26-25(37-20)27-24(33)23(28-36-13-3-12-31)19-4-6-21(7-5-19)38(34,35)22-8-9-22/h4-7,14,17,22,31H,3,8-13,15-16H2,1-2H3,(H,26,27,33)/t17-/m0/s1. The van der Waals surface area contributed by atoms with Crippen molar-refractivity contribution in [2.24, 2.45) is 5.16 Å². The zero-order chi connectivity index (χ0) is 27.3. The second-order valence-electron chi connectivity index (χ2n) is 9.50. The normalized spacial score (nSPS) is 18.9. The van der Waals surface area contributed by atoms with Crippen molar-refractivity contribution in [2.75, 3.05) is 38.2 Å². The molecule has 1 aliphatic carbocycles. The van der Waals surface area contributed by atoms with Crippen molar-refractivity contribution >= 4 is 43.8 Å². The van der Waals surface area contributed by atoms with Crippen molar-refractivity contribution in [3.63, 3.8) is 0 Å². The van der Waals surface area contributed by atoms with Crippen LogP contribution in [0.3, 0.4) is 0 Å². The molecule has 0 bridgehead atoms. The third kappa shape index (κ3) is 6.95. The van der Waals surface area contributed by atoms with Crippen LogP contribution in [-0.2, 0) is 30.8 Å². The van der Waals surface area contributed by atoms with Gasteiger partial charge < -0.3 is 14.8 Å². The van der Waals surface area contributed by atoms with Crippen LogP contribution in [0.4, 0.5) is 5.13 Å². The Hall–Kier alpha value is -2.87. The van der Waals surface area contributed by atoms with E-state index in [-0.39, 0.29) is 41.0 Å². The molecule has 38 heavy (non-hydrogen) atoms. The van der Waals surface area contributed by atoms with Crippen molar-refractivity contribution in [3.05, 3.63) is 40.9 Å². The molecule has 1 aliphatic heterocycles. The van der Waals surface area contributed by atoms with Gasteiger partial charge in [0.25, 0.3) is 5.91 Å². The molecule has 2 aliphatic rings. The highest BCUT2D eigenvalue weighted by Gasteiger charge is 2.36. The lowest BCUT2D eigenvalue weighted by atomic mass is 10.1. The first kappa shape index (κ1) is 28.1. The van der Waals surface area contributed by atoms with Crippen molar-refractivity contribution in [1.29, 1.82) is 0 Å². The van der Waals surface area contributed by atoms with Crippen LogP contribution in [0.2, 0.25) is 0 Å². The predicted octanol–water partition coefficient (Wildman–Crippen LogP) is 1.87. The SMILES string of the molecule is CC(=O)N1CCN(Cc2cnc(NC(=O)C(=NOCCCO)c3ccc(S(=O)(=O)C4CC4)cc3)s2)C[C@@H]1C. The number of carbonyl (C=O) groups excluding carboxylic acids is 2. The summed E-state index contributed by atoms with van der Waals surface area (Å²) in [6.45, 7) is 6.52. The Balaban J connectivity index is 1.43. The number of sulfone groups is 1. The van der Waals surface area contributed by atoms with Gasteiger partial charge >= 0.3 is 0 Å². The van der Waals surface area contributed by atoms with E-state index in [9.17, 15) is 18.0 Å². The number of nitrogens with one attached hydrogen (secondary N) is 1. The molecule has 11 nitrogen and oxygen atoms in total. The molecule has 13 heteroatoms. The van der Waals surface area contributed by atoms with Crippen LogP contribution in [0.5, 0.6) is 0 Å². The van der Waals surface area contributed by atoms with Crippen molar-refractivity contribution in [2.45, 2.75) is 55.8 Å². The summed E-state index contributed by atoms with van der Waals surface area (Å²) in [6, 6.07) is 6.17. The number of rotatable bonds is 11. The third-order valence-electron chi connectivity index (χ3n) is 6.45. The maximum absolute atomic E-state index is 13.1. The molecular formula is C25H33N5O6S2. The Morgan fingerprint density at radius 2 is 1.97 bits per heavy atom. The Morgan fingerprint density at radius 3 is 2.61 bits per heavy atom. The Bertz CT molecular complexity index is 1270. The van der Waals surface area contributed by atoms with Crippen LogP contribution >= 0.6 is 11.3 Å². The van der Waals surface area contributed by atoms with Crippen LogP contribution in [-0.4, -0.2) is 90.0 Å². The van der Waals surface area contributed by atoms with Crippen LogP contribution in [0.1, 0.15) is 43.6 Å². The summed E-state index contributed by atoms with van der Waals surface area (Å²) >= 11 is 1.35. The van der Waals surface area contributed by atoms with Gasteiger partial charge in [0.05, 0.1) is 10.1 Å². The van der Waals surface area contributed by atoms with E-state index in [0.717, 1.165) is 18.0 Å². The van der Waals surface area contributed by atoms with E-state index in [2.05, 4.69) is 20.4 Å². The number of nitrogens with zero attached hydrogens (tertiary/aromatic N) is 4. The highest BCUT2D eigenvalue weighted by molar-refractivity contribution is 7.92. The van der Waals surface area contributed by atoms with E-state index in [1.165, 1.54) is 35.6 Å². The van der Waals surface area contributed by atoms with Gasteiger partial charge in [-0.3, -0.25) is 19.8 Å². The molecule has 2 amide bonds. The smallest absolute Gasteiger partial charge is 0.280 e. The summed E-state index contributed by atoms with van der Waals surface area (Å²) in [5, 5.41) is 15.8. The van der Waals surface area contributed by atoms with E-state index in [4.69, 9.17) is 9.94 Å². The van der Waals surface area contributed by atoms with Gasteiger partial charge in [0.2, 0.25) is 5.91 Å². The number of hydrogen-bond acceptors (Lipinski definition) is 10. The molecule has 1 saturated carbocycles. The minimum Gasteiger partial charge on any atom is -0.396 e. The van der Waals surface area contributed by atoms with Crippen LogP contribution < -0.4 is 5.32 Å². The Morgan fingerprint density at radius 1 is 1.24 bits per heavy atom. The molecule has 2 aromatic rings. The van der Waals surface area contributed by atoms with E-state index in [1.54, 1.807) is 13.1 Å². The minimum absolute atomic E-state index is 0.0239. The molecular weight excluding hydrogens is 530 g/mol. The average molecular weight is 564 g/mol. The molecule has 1 atom stereocenters. The highest BCUT2D eigenvalue weighted by atomic mass is 32.2. The first-order valence-corrected chi connectivity index (χ1v) is 15.0. The third-order valence-corrected chi connectivity index (χ3v) is 9.63. The molecule has 1 saturated heterocycles. The van der Waals surface area contributed by atoms with Crippen LogP contribution in [0, 0.1) is 0 Å². The second kappa shape index (κ2) is 12.3. The van der Waals surface area contributed by atoms with Crippen molar-refractivity contribution in [3.8, 4) is 0 Å². The van der Waals surface area contributed by atoms with E-state index >= 15 is 0 Å². The molecule has 1 aromatic heterocycles. The number of hydrogen-bond donors (Lipinski definition) is 2. The van der Waals surface area contributed by atoms with Gasteiger partial charge in [-0.2, -0.15) is 0 Å². The number of aliphatic hydroxyl groups is 1. The number of amides is 2. The molecule has 2 heterocycles. The summed E-state index contributed by atoms with van der Waals surface area (Å²) in [4.78, 5) is 39.7. The number of carbonyl (C=O) groups is 2. The number of thiazole rings is 1. The fourth-order valence-corrected chi connectivity index (χ4v) is 6.80. The maximum atomic E-state index is 13.1. The lowest BCUT2D eigenvalue weighted by Crippen LogP contribution is -2.52. The molecule has 2 fully saturated rings. The topological polar surface area (TPSA) is 142 Å². The number of piperazine rings is 1.